The van der Waals surface area contributed by atoms with E-state index in [9.17, 15) is 10.2 Å². The number of phenolic OH excluding ortho intramolecular Hbond substituents is 2. The molecule has 0 spiro atoms. The summed E-state index contributed by atoms with van der Waals surface area (Å²) in [5.41, 5.74) is 1.18. The Balaban J connectivity index is 2.42. The van der Waals surface area contributed by atoms with Crippen LogP contribution in [0, 0.1) is 0 Å². The van der Waals surface area contributed by atoms with Gasteiger partial charge in [-0.1, -0.05) is 41.2 Å². The minimum atomic E-state index is 0.267. The Bertz CT molecular complexity index is 1130. The van der Waals surface area contributed by atoms with E-state index < -0.39 is 0 Å². The molecule has 0 saturated heterocycles. The van der Waals surface area contributed by atoms with E-state index in [0.717, 1.165) is 32.0 Å². The number of rotatable bonds is 0. The van der Waals surface area contributed by atoms with E-state index in [0.29, 0.717) is 0 Å². The predicted molar refractivity (Wildman–Crippen MR) is 107 cm³/mol. The molecule has 2 nitrogen and oxygen atoms in total. The zero-order valence-corrected chi connectivity index (χ0v) is 15.0. The summed E-state index contributed by atoms with van der Waals surface area (Å²) in [4.78, 5) is 0. The Hall–Kier alpha value is -2.04. The third-order valence-corrected chi connectivity index (χ3v) is 6.32. The van der Waals surface area contributed by atoms with Crippen LogP contribution in [0.1, 0.15) is 13.8 Å². The number of hydrogen-bond donors (Lipinski definition) is 2. The van der Waals surface area contributed by atoms with Gasteiger partial charge in [0.05, 0.1) is 4.24 Å². The molecule has 24 heavy (non-hydrogen) atoms. The molecular formula is C20H16O2S2. The number of hydrogen-bond acceptors (Lipinski definition) is 4. The molecule has 2 N–H and O–H groups in total. The normalized spacial score (nSPS) is 14.0. The fourth-order valence-electron chi connectivity index (χ4n) is 3.29. The Morgan fingerprint density at radius 3 is 1.96 bits per heavy atom. The molecule has 0 unspecified atom stereocenters. The lowest BCUT2D eigenvalue weighted by Crippen LogP contribution is -2.17. The van der Waals surface area contributed by atoms with E-state index >= 15 is 0 Å². The first-order chi connectivity index (χ1) is 11.6. The number of phenols is 2. The Morgan fingerprint density at radius 2 is 1.33 bits per heavy atom. The molecule has 4 heteroatoms. The van der Waals surface area contributed by atoms with Gasteiger partial charge in [-0.3, -0.25) is 0 Å². The lowest BCUT2D eigenvalue weighted by atomic mass is 9.96. The monoisotopic (exact) mass is 352 g/mol. The summed E-state index contributed by atoms with van der Waals surface area (Å²) in [6, 6.07) is 11.1. The van der Waals surface area contributed by atoms with Crippen molar-refractivity contribution in [3.05, 3.63) is 57.7 Å². The van der Waals surface area contributed by atoms with E-state index in [1.807, 2.05) is 24.3 Å². The van der Waals surface area contributed by atoms with Gasteiger partial charge in [0.15, 0.2) is 0 Å². The molecule has 0 aliphatic carbocycles. The van der Waals surface area contributed by atoms with Crippen molar-refractivity contribution in [1.29, 1.82) is 0 Å². The molecule has 0 amide bonds. The van der Waals surface area contributed by atoms with Gasteiger partial charge in [0.2, 0.25) is 0 Å². The van der Waals surface area contributed by atoms with Crippen molar-refractivity contribution >= 4 is 54.9 Å². The average molecular weight is 352 g/mol. The third kappa shape index (κ3) is 2.38. The smallest absolute Gasteiger partial charge is 0.116 e. The highest BCUT2D eigenvalue weighted by Crippen LogP contribution is 2.39. The molecule has 0 bridgehead atoms. The number of benzene rings is 3. The van der Waals surface area contributed by atoms with Gasteiger partial charge in [0.25, 0.3) is 0 Å². The first-order valence-corrected chi connectivity index (χ1v) is 9.40. The van der Waals surface area contributed by atoms with E-state index in [1.165, 1.54) is 9.81 Å². The van der Waals surface area contributed by atoms with Crippen LogP contribution in [0.4, 0.5) is 0 Å². The van der Waals surface area contributed by atoms with Crippen LogP contribution in [0.5, 0.6) is 11.5 Å². The van der Waals surface area contributed by atoms with Gasteiger partial charge in [0, 0.05) is 5.22 Å². The lowest BCUT2D eigenvalue weighted by Gasteiger charge is -2.11. The Kier molecular flexibility index (Phi) is 3.74. The van der Waals surface area contributed by atoms with Crippen molar-refractivity contribution in [2.45, 2.75) is 13.8 Å². The van der Waals surface area contributed by atoms with Crippen molar-refractivity contribution in [2.24, 2.45) is 0 Å². The first kappa shape index (κ1) is 15.5. The van der Waals surface area contributed by atoms with E-state index in [4.69, 9.17) is 0 Å². The first-order valence-electron chi connectivity index (χ1n) is 7.64. The fraction of sp³-hybridized carbons (Fsp3) is 0.100. The molecule has 1 aliphatic rings. The molecule has 0 saturated carbocycles. The van der Waals surface area contributed by atoms with Crippen molar-refractivity contribution in [3.8, 4) is 11.5 Å². The van der Waals surface area contributed by atoms with Crippen LogP contribution in [-0.4, -0.2) is 10.2 Å². The van der Waals surface area contributed by atoms with Gasteiger partial charge in [-0.25, -0.2) is 0 Å². The van der Waals surface area contributed by atoms with Gasteiger partial charge in [-0.15, -0.1) is 0 Å². The minimum Gasteiger partial charge on any atom is -0.508 e. The molecule has 0 fully saturated rings. The van der Waals surface area contributed by atoms with Crippen molar-refractivity contribution in [3.63, 3.8) is 0 Å². The van der Waals surface area contributed by atoms with Gasteiger partial charge < -0.3 is 10.2 Å². The second kappa shape index (κ2) is 5.80. The van der Waals surface area contributed by atoms with E-state index in [1.54, 1.807) is 35.7 Å². The van der Waals surface area contributed by atoms with Gasteiger partial charge in [-0.05, 0) is 75.7 Å². The minimum absolute atomic E-state index is 0.267. The number of thioether (sulfide) groups is 2. The molecule has 3 aromatic rings. The highest BCUT2D eigenvalue weighted by molar-refractivity contribution is 8.34. The summed E-state index contributed by atoms with van der Waals surface area (Å²) in [6.45, 7) is 4.16. The summed E-state index contributed by atoms with van der Waals surface area (Å²) >= 11 is 3.40. The number of aromatic hydroxyl groups is 2. The topological polar surface area (TPSA) is 40.5 Å². The van der Waals surface area contributed by atoms with Crippen molar-refractivity contribution in [2.75, 3.05) is 0 Å². The predicted octanol–water partition coefficient (Wildman–Crippen LogP) is 4.61. The quantitative estimate of drug-likeness (QED) is 0.580. The third-order valence-electron chi connectivity index (χ3n) is 4.19. The molecule has 1 heterocycles. The molecule has 120 valence electrons. The van der Waals surface area contributed by atoms with Gasteiger partial charge in [0.1, 0.15) is 11.5 Å². The highest BCUT2D eigenvalue weighted by atomic mass is 32.2. The highest BCUT2D eigenvalue weighted by Gasteiger charge is 2.13. The maximum absolute atomic E-state index is 10.1. The van der Waals surface area contributed by atoms with Crippen LogP contribution in [0.25, 0.3) is 31.4 Å². The zero-order chi connectivity index (χ0) is 16.8. The second-order valence-electron chi connectivity index (χ2n) is 6.01. The molecule has 4 rings (SSSR count). The van der Waals surface area contributed by atoms with Crippen LogP contribution < -0.4 is 10.4 Å². The summed E-state index contributed by atoms with van der Waals surface area (Å²) in [5, 5.41) is 30.8. The maximum atomic E-state index is 10.1. The van der Waals surface area contributed by atoms with E-state index in [2.05, 4.69) is 24.7 Å². The van der Waals surface area contributed by atoms with Gasteiger partial charge >= 0.3 is 0 Å². The number of fused-ring (bicyclic) bond motifs is 2. The molecule has 0 atom stereocenters. The summed E-state index contributed by atoms with van der Waals surface area (Å²) in [7, 11) is 0. The van der Waals surface area contributed by atoms with Crippen molar-refractivity contribution in [1.82, 2.24) is 0 Å². The van der Waals surface area contributed by atoms with Crippen LogP contribution >= 0.6 is 23.5 Å². The second-order valence-corrected chi connectivity index (χ2v) is 8.10. The molecule has 3 aromatic carbocycles. The molecule has 0 aromatic heterocycles. The van der Waals surface area contributed by atoms with Crippen LogP contribution in [0.2, 0.25) is 0 Å². The molecule has 1 aliphatic heterocycles. The maximum Gasteiger partial charge on any atom is 0.116 e. The van der Waals surface area contributed by atoms with Crippen LogP contribution in [0.3, 0.4) is 0 Å². The molecular weight excluding hydrogens is 336 g/mol. The standard InChI is InChI=1S/C20H16O2S2/c1-11(2)18-14-5-3-13(22)10-17(14)19(20-23-7-8-24-20)15-6-4-12(21)9-16(15)18/h3-10,21-22H,1-2H3. The summed E-state index contributed by atoms with van der Waals surface area (Å²) in [5.74, 6) is 0.534. The fourth-order valence-corrected chi connectivity index (χ4v) is 5.21. The van der Waals surface area contributed by atoms with Crippen LogP contribution in [-0.2, 0) is 0 Å². The molecule has 0 radical (unpaired) electrons. The Labute approximate surface area is 148 Å². The summed E-state index contributed by atoms with van der Waals surface area (Å²) in [6.07, 6.45) is 0. The Morgan fingerprint density at radius 1 is 0.750 bits per heavy atom. The largest absolute Gasteiger partial charge is 0.508 e. The average Bonchev–Trinajstić information content (AvgIpc) is 3.06. The van der Waals surface area contributed by atoms with Crippen LogP contribution in [0.15, 0.2) is 47.2 Å². The SMILES string of the molecule is CC(C)=c1c2cc(O)ccc2c(=C2SC=CS2)c2cc(O)ccc12. The zero-order valence-electron chi connectivity index (χ0n) is 13.3. The van der Waals surface area contributed by atoms with Crippen molar-refractivity contribution < 1.29 is 10.2 Å². The summed E-state index contributed by atoms with van der Waals surface area (Å²) < 4.78 is 1.20. The van der Waals surface area contributed by atoms with Gasteiger partial charge in [-0.2, -0.15) is 0 Å². The van der Waals surface area contributed by atoms with E-state index in [-0.39, 0.29) is 11.5 Å². The lowest BCUT2D eigenvalue weighted by molar-refractivity contribution is 0.475.